The van der Waals surface area contributed by atoms with Crippen LogP contribution < -0.4 is 19.1 Å². The number of benzene rings is 3. The van der Waals surface area contributed by atoms with Gasteiger partial charge in [0.25, 0.3) is 10.0 Å². The van der Waals surface area contributed by atoms with Crippen molar-refractivity contribution in [2.75, 3.05) is 32.1 Å². The Morgan fingerprint density at radius 2 is 1.58 bits per heavy atom. The van der Waals surface area contributed by atoms with Crippen molar-refractivity contribution in [1.29, 1.82) is 0 Å². The van der Waals surface area contributed by atoms with E-state index in [9.17, 15) is 22.4 Å². The van der Waals surface area contributed by atoms with Crippen molar-refractivity contribution < 1.29 is 31.9 Å². The quantitative estimate of drug-likeness (QED) is 0.398. The number of hydrogen-bond donors (Lipinski definition) is 1. The van der Waals surface area contributed by atoms with Gasteiger partial charge in [0.1, 0.15) is 29.9 Å². The molecule has 0 aliphatic carbocycles. The lowest BCUT2D eigenvalue weighted by Gasteiger charge is -2.31. The molecule has 0 saturated heterocycles. The molecule has 3 aromatic carbocycles. The summed E-state index contributed by atoms with van der Waals surface area (Å²) in [5.74, 6) is -0.595. The molecule has 0 fully saturated rings. The maximum atomic E-state index is 13.7. The SMILES string of the molecule is CNC(=O)C(C)N(Cc1cccc(OC)c1)C(=O)CN(c1ccc(F)cc1)S(=O)(=O)c1ccc(OC)cc1. The predicted octanol–water partition coefficient (Wildman–Crippen LogP) is 3.20. The Hall–Kier alpha value is -4.12. The number of anilines is 1. The van der Waals surface area contributed by atoms with E-state index in [0.29, 0.717) is 17.1 Å². The fraction of sp³-hybridized carbons (Fsp3) is 0.259. The highest BCUT2D eigenvalue weighted by Crippen LogP contribution is 2.26. The van der Waals surface area contributed by atoms with Crippen molar-refractivity contribution in [3.05, 3.63) is 84.2 Å². The van der Waals surface area contributed by atoms with E-state index in [4.69, 9.17) is 9.47 Å². The molecule has 0 aliphatic heterocycles. The molecule has 0 radical (unpaired) electrons. The van der Waals surface area contributed by atoms with E-state index in [-0.39, 0.29) is 17.1 Å². The number of nitrogens with one attached hydrogen (secondary N) is 1. The molecule has 0 aliphatic rings. The Labute approximate surface area is 221 Å². The van der Waals surface area contributed by atoms with Crippen LogP contribution in [0.25, 0.3) is 0 Å². The molecular formula is C27H30FN3O6S. The van der Waals surface area contributed by atoms with E-state index >= 15 is 0 Å². The molecule has 2 amide bonds. The largest absolute Gasteiger partial charge is 0.497 e. The Kier molecular flexibility index (Phi) is 9.30. The van der Waals surface area contributed by atoms with Gasteiger partial charge in [0.2, 0.25) is 11.8 Å². The number of halogens is 1. The molecule has 3 rings (SSSR count). The molecule has 0 heterocycles. The maximum absolute atomic E-state index is 13.7. The summed E-state index contributed by atoms with van der Waals surface area (Å²) in [7, 11) is 0.152. The van der Waals surface area contributed by atoms with Crippen molar-refractivity contribution in [3.8, 4) is 11.5 Å². The zero-order valence-corrected chi connectivity index (χ0v) is 22.4. The Balaban J connectivity index is 2.02. The third-order valence-corrected chi connectivity index (χ3v) is 7.73. The molecule has 0 saturated carbocycles. The van der Waals surface area contributed by atoms with Gasteiger partial charge < -0.3 is 19.7 Å². The zero-order valence-electron chi connectivity index (χ0n) is 21.5. The van der Waals surface area contributed by atoms with Crippen LogP contribution in [0.4, 0.5) is 10.1 Å². The van der Waals surface area contributed by atoms with E-state index in [0.717, 1.165) is 16.4 Å². The molecule has 0 aromatic heterocycles. The molecule has 3 aromatic rings. The molecule has 9 nitrogen and oxygen atoms in total. The maximum Gasteiger partial charge on any atom is 0.264 e. The van der Waals surface area contributed by atoms with Gasteiger partial charge in [-0.1, -0.05) is 12.1 Å². The summed E-state index contributed by atoms with van der Waals surface area (Å²) < 4.78 is 52.3. The van der Waals surface area contributed by atoms with Crippen molar-refractivity contribution >= 4 is 27.5 Å². The number of amides is 2. The van der Waals surface area contributed by atoms with Gasteiger partial charge in [-0.2, -0.15) is 0 Å². The minimum atomic E-state index is -4.27. The lowest BCUT2D eigenvalue weighted by atomic mass is 10.1. The molecule has 11 heteroatoms. The van der Waals surface area contributed by atoms with Crippen molar-refractivity contribution in [1.82, 2.24) is 10.2 Å². The van der Waals surface area contributed by atoms with Crippen LogP contribution in [0.15, 0.2) is 77.7 Å². The summed E-state index contributed by atoms with van der Waals surface area (Å²) in [4.78, 5) is 27.4. The van der Waals surface area contributed by atoms with E-state index < -0.39 is 40.2 Å². The Morgan fingerprint density at radius 1 is 0.947 bits per heavy atom. The van der Waals surface area contributed by atoms with Crippen LogP contribution in [0.1, 0.15) is 12.5 Å². The number of likely N-dealkylation sites (N-methyl/N-ethyl adjacent to an activating group) is 1. The molecule has 202 valence electrons. The summed E-state index contributed by atoms with van der Waals surface area (Å²) in [5.41, 5.74) is 0.768. The number of hydrogen-bond acceptors (Lipinski definition) is 6. The van der Waals surface area contributed by atoms with Crippen molar-refractivity contribution in [2.24, 2.45) is 0 Å². The van der Waals surface area contributed by atoms with Gasteiger partial charge in [-0.3, -0.25) is 13.9 Å². The zero-order chi connectivity index (χ0) is 27.9. The number of rotatable bonds is 11. The van der Waals surface area contributed by atoms with E-state index in [1.807, 2.05) is 0 Å². The van der Waals surface area contributed by atoms with Gasteiger partial charge in [0, 0.05) is 13.6 Å². The fourth-order valence-corrected chi connectivity index (χ4v) is 5.18. The molecular weight excluding hydrogens is 513 g/mol. The second-order valence-corrected chi connectivity index (χ2v) is 10.2. The first kappa shape index (κ1) is 28.5. The molecule has 0 bridgehead atoms. The van der Waals surface area contributed by atoms with Gasteiger partial charge in [0.15, 0.2) is 0 Å². The van der Waals surface area contributed by atoms with Crippen LogP contribution >= 0.6 is 0 Å². The minimum Gasteiger partial charge on any atom is -0.497 e. The Morgan fingerprint density at radius 3 is 2.16 bits per heavy atom. The smallest absolute Gasteiger partial charge is 0.264 e. The van der Waals surface area contributed by atoms with Gasteiger partial charge in [0.05, 0.1) is 24.8 Å². The van der Waals surface area contributed by atoms with Crippen LogP contribution in [0.5, 0.6) is 11.5 Å². The number of sulfonamides is 1. The second kappa shape index (κ2) is 12.4. The van der Waals surface area contributed by atoms with E-state index in [2.05, 4.69) is 5.32 Å². The molecule has 0 spiro atoms. The molecule has 38 heavy (non-hydrogen) atoms. The van der Waals surface area contributed by atoms with Crippen LogP contribution in [0.2, 0.25) is 0 Å². The second-order valence-electron chi connectivity index (χ2n) is 8.33. The van der Waals surface area contributed by atoms with E-state index in [1.165, 1.54) is 62.6 Å². The van der Waals surface area contributed by atoms with E-state index in [1.54, 1.807) is 31.2 Å². The third-order valence-electron chi connectivity index (χ3n) is 5.94. The average molecular weight is 544 g/mol. The van der Waals surface area contributed by atoms with Gasteiger partial charge >= 0.3 is 0 Å². The summed E-state index contributed by atoms with van der Waals surface area (Å²) in [6.07, 6.45) is 0. The highest BCUT2D eigenvalue weighted by atomic mass is 32.2. The number of carbonyl (C=O) groups excluding carboxylic acids is 2. The summed E-state index contributed by atoms with van der Waals surface area (Å²) >= 11 is 0. The first-order valence-electron chi connectivity index (χ1n) is 11.7. The molecule has 1 unspecified atom stereocenters. The lowest BCUT2D eigenvalue weighted by molar-refractivity contribution is -0.139. The van der Waals surface area contributed by atoms with Crippen LogP contribution in [0, 0.1) is 5.82 Å². The standard InChI is InChI=1S/C27H30FN3O6S/c1-19(27(33)29-2)30(17-20-6-5-7-24(16-20)37-4)26(32)18-31(22-10-8-21(28)9-11-22)38(34,35)25-14-12-23(36-3)13-15-25/h5-16,19H,17-18H2,1-4H3,(H,29,33). The number of ether oxygens (including phenoxy) is 2. The average Bonchev–Trinajstić information content (AvgIpc) is 2.94. The van der Waals surface area contributed by atoms with Crippen LogP contribution in [0.3, 0.4) is 0 Å². The minimum absolute atomic E-state index is 0.0183. The van der Waals surface area contributed by atoms with Gasteiger partial charge in [-0.25, -0.2) is 12.8 Å². The van der Waals surface area contributed by atoms with Crippen molar-refractivity contribution in [3.63, 3.8) is 0 Å². The summed E-state index contributed by atoms with van der Waals surface area (Å²) in [6.45, 7) is 0.937. The monoisotopic (exact) mass is 543 g/mol. The van der Waals surface area contributed by atoms with Gasteiger partial charge in [-0.15, -0.1) is 0 Å². The Bertz CT molecular complexity index is 1360. The number of nitrogens with zero attached hydrogens (tertiary/aromatic N) is 2. The summed E-state index contributed by atoms with van der Waals surface area (Å²) in [5, 5.41) is 2.52. The molecule has 1 N–H and O–H groups in total. The highest BCUT2D eigenvalue weighted by Gasteiger charge is 2.32. The molecule has 1 atom stereocenters. The van der Waals surface area contributed by atoms with Crippen molar-refractivity contribution in [2.45, 2.75) is 24.4 Å². The van der Waals surface area contributed by atoms with Gasteiger partial charge in [-0.05, 0) is 73.2 Å². The first-order valence-corrected chi connectivity index (χ1v) is 13.1. The fourth-order valence-electron chi connectivity index (χ4n) is 3.77. The van der Waals surface area contributed by atoms with Crippen LogP contribution in [-0.4, -0.2) is 59.0 Å². The third kappa shape index (κ3) is 6.60. The summed E-state index contributed by atoms with van der Waals surface area (Å²) in [6, 6.07) is 16.5. The van der Waals surface area contributed by atoms with Crippen LogP contribution in [-0.2, 0) is 26.2 Å². The topological polar surface area (TPSA) is 105 Å². The lowest BCUT2D eigenvalue weighted by Crippen LogP contribution is -2.50. The highest BCUT2D eigenvalue weighted by molar-refractivity contribution is 7.92. The first-order chi connectivity index (χ1) is 18.1. The number of methoxy groups -OCH3 is 2. The normalized spacial score (nSPS) is 11.8. The predicted molar refractivity (Wildman–Crippen MR) is 141 cm³/mol. The number of carbonyl (C=O) groups is 2.